The third kappa shape index (κ3) is 3.00. The average Bonchev–Trinajstić information content (AvgIpc) is 2.79. The smallest absolute Gasteiger partial charge is 0.136 e. The lowest BCUT2D eigenvalue weighted by Gasteiger charge is -2.43. The van der Waals surface area contributed by atoms with E-state index in [1.54, 1.807) is 0 Å². The van der Waals surface area contributed by atoms with E-state index in [-0.39, 0.29) is 16.2 Å². The Morgan fingerprint density at radius 1 is 1.24 bits per heavy atom. The third-order valence-corrected chi connectivity index (χ3v) is 6.51. The lowest BCUT2D eigenvalue weighted by atomic mass is 9.73. The number of rotatable bonds is 2. The zero-order chi connectivity index (χ0) is 15.1. The van der Waals surface area contributed by atoms with Gasteiger partial charge in [-0.15, -0.1) is 4.72 Å². The molecule has 2 unspecified atom stereocenters. The van der Waals surface area contributed by atoms with Gasteiger partial charge in [0.2, 0.25) is 0 Å². The maximum atomic E-state index is 12.5. The standard InChI is InChI=1S/C17H26N2OS/c1-16(2,3)21(20)19-15-12-18-9-8-17(15)10-13-6-4-5-7-14(13)11-17/h4-7,15,18-19H,8-12H2,1-3H3. The molecule has 3 nitrogen and oxygen atoms in total. The maximum Gasteiger partial charge on any atom is 0.136 e. The van der Waals surface area contributed by atoms with Crippen molar-refractivity contribution in [2.24, 2.45) is 5.41 Å². The van der Waals surface area contributed by atoms with Crippen LogP contribution < -0.4 is 10.0 Å². The van der Waals surface area contributed by atoms with Crippen molar-refractivity contribution < 1.29 is 4.55 Å². The Morgan fingerprint density at radius 2 is 1.86 bits per heavy atom. The Balaban J connectivity index is 1.80. The van der Waals surface area contributed by atoms with Crippen LogP contribution in [-0.2, 0) is 24.2 Å². The second-order valence-electron chi connectivity index (χ2n) is 7.49. The molecule has 0 saturated carbocycles. The SMILES string of the molecule is CC(C)(C)[S+]([O-])NC1CNCCC12Cc1ccccc1C2. The van der Waals surface area contributed by atoms with Crippen LogP contribution in [0.1, 0.15) is 38.3 Å². The monoisotopic (exact) mass is 306 g/mol. The molecular weight excluding hydrogens is 280 g/mol. The van der Waals surface area contributed by atoms with Crippen LogP contribution in [-0.4, -0.2) is 28.4 Å². The summed E-state index contributed by atoms with van der Waals surface area (Å²) in [7, 11) is 0. The summed E-state index contributed by atoms with van der Waals surface area (Å²) in [5.74, 6) is 0. The summed E-state index contributed by atoms with van der Waals surface area (Å²) in [6.07, 6.45) is 3.38. The molecule has 1 aromatic rings. The predicted octanol–water partition coefficient (Wildman–Crippen LogP) is 2.19. The molecule has 1 spiro atoms. The molecule has 3 rings (SSSR count). The van der Waals surface area contributed by atoms with Gasteiger partial charge in [0.05, 0.1) is 6.04 Å². The Bertz CT molecular complexity index is 487. The van der Waals surface area contributed by atoms with Crippen molar-refractivity contribution in [2.75, 3.05) is 13.1 Å². The molecular formula is C17H26N2OS. The topological polar surface area (TPSA) is 47.1 Å². The molecule has 1 heterocycles. The van der Waals surface area contributed by atoms with Crippen LogP contribution >= 0.6 is 0 Å². The first-order chi connectivity index (χ1) is 9.91. The van der Waals surface area contributed by atoms with Crippen molar-refractivity contribution >= 4 is 11.4 Å². The fourth-order valence-electron chi connectivity index (χ4n) is 3.59. The zero-order valence-electron chi connectivity index (χ0n) is 13.2. The molecule has 21 heavy (non-hydrogen) atoms. The molecule has 0 bridgehead atoms. The van der Waals surface area contributed by atoms with E-state index in [1.807, 2.05) is 20.8 Å². The van der Waals surface area contributed by atoms with Gasteiger partial charge in [0, 0.05) is 23.3 Å². The van der Waals surface area contributed by atoms with Crippen molar-refractivity contribution in [3.8, 4) is 0 Å². The van der Waals surface area contributed by atoms with Crippen molar-refractivity contribution in [1.82, 2.24) is 10.0 Å². The molecule has 1 aliphatic heterocycles. The summed E-state index contributed by atoms with van der Waals surface area (Å²) < 4.78 is 15.7. The molecule has 2 N–H and O–H groups in total. The van der Waals surface area contributed by atoms with Crippen LogP contribution in [0.25, 0.3) is 0 Å². The maximum absolute atomic E-state index is 12.5. The van der Waals surface area contributed by atoms with Crippen LogP contribution in [0.3, 0.4) is 0 Å². The van der Waals surface area contributed by atoms with Crippen LogP contribution in [0.15, 0.2) is 24.3 Å². The molecule has 1 saturated heterocycles. The van der Waals surface area contributed by atoms with Gasteiger partial charge in [-0.2, -0.15) is 0 Å². The van der Waals surface area contributed by atoms with Gasteiger partial charge in [-0.3, -0.25) is 0 Å². The number of hydrogen-bond donors (Lipinski definition) is 2. The van der Waals surface area contributed by atoms with Gasteiger partial charge in [-0.25, -0.2) is 0 Å². The van der Waals surface area contributed by atoms with Gasteiger partial charge >= 0.3 is 0 Å². The Hall–Kier alpha value is -0.550. The van der Waals surface area contributed by atoms with Gasteiger partial charge in [-0.05, 0) is 57.7 Å². The number of fused-ring (bicyclic) bond motifs is 1. The van der Waals surface area contributed by atoms with Gasteiger partial charge in [-0.1, -0.05) is 24.3 Å². The second kappa shape index (κ2) is 5.58. The number of hydrogen-bond acceptors (Lipinski definition) is 3. The molecule has 1 aliphatic carbocycles. The van der Waals surface area contributed by atoms with E-state index < -0.39 is 11.4 Å². The summed E-state index contributed by atoms with van der Waals surface area (Å²) in [5.41, 5.74) is 3.19. The van der Waals surface area contributed by atoms with Crippen molar-refractivity contribution in [3.63, 3.8) is 0 Å². The molecule has 1 fully saturated rings. The first-order valence-corrected chi connectivity index (χ1v) is 9.01. The zero-order valence-corrected chi connectivity index (χ0v) is 14.1. The highest BCUT2D eigenvalue weighted by atomic mass is 32.2. The normalized spacial score (nSPS) is 25.8. The van der Waals surface area contributed by atoms with Gasteiger partial charge in [0.15, 0.2) is 0 Å². The van der Waals surface area contributed by atoms with E-state index in [1.165, 1.54) is 11.1 Å². The molecule has 1 aromatic carbocycles. The van der Waals surface area contributed by atoms with Crippen LogP contribution in [0, 0.1) is 5.41 Å². The van der Waals surface area contributed by atoms with E-state index in [4.69, 9.17) is 0 Å². The quantitative estimate of drug-likeness (QED) is 0.823. The summed E-state index contributed by atoms with van der Waals surface area (Å²) >= 11 is -1.01. The lowest BCUT2D eigenvalue weighted by Crippen LogP contribution is -2.60. The first-order valence-electron chi connectivity index (χ1n) is 7.86. The van der Waals surface area contributed by atoms with Crippen molar-refractivity contribution in [1.29, 1.82) is 0 Å². The van der Waals surface area contributed by atoms with Gasteiger partial charge < -0.3 is 9.87 Å². The minimum absolute atomic E-state index is 0.218. The van der Waals surface area contributed by atoms with Crippen molar-refractivity contribution in [3.05, 3.63) is 35.4 Å². The summed E-state index contributed by atoms with van der Waals surface area (Å²) in [5, 5.41) is 3.47. The number of piperidine rings is 1. The van der Waals surface area contributed by atoms with E-state index in [2.05, 4.69) is 34.3 Å². The highest BCUT2D eigenvalue weighted by Crippen LogP contribution is 2.43. The van der Waals surface area contributed by atoms with E-state index in [0.717, 1.165) is 32.4 Å². The predicted molar refractivity (Wildman–Crippen MR) is 88.6 cm³/mol. The molecule has 2 atom stereocenters. The van der Waals surface area contributed by atoms with Gasteiger partial charge in [0.25, 0.3) is 0 Å². The Kier molecular flexibility index (Phi) is 4.08. The highest BCUT2D eigenvalue weighted by Gasteiger charge is 2.47. The number of nitrogens with one attached hydrogen (secondary N) is 2. The Morgan fingerprint density at radius 3 is 2.43 bits per heavy atom. The summed E-state index contributed by atoms with van der Waals surface area (Å²) in [4.78, 5) is 0. The third-order valence-electron chi connectivity index (χ3n) is 4.90. The molecule has 116 valence electrons. The highest BCUT2D eigenvalue weighted by molar-refractivity contribution is 7.90. The lowest BCUT2D eigenvalue weighted by molar-refractivity contribution is 0.165. The van der Waals surface area contributed by atoms with Crippen molar-refractivity contribution in [2.45, 2.75) is 50.8 Å². The number of benzene rings is 1. The fraction of sp³-hybridized carbons (Fsp3) is 0.647. The Labute approximate surface area is 131 Å². The average molecular weight is 306 g/mol. The molecule has 0 radical (unpaired) electrons. The second-order valence-corrected chi connectivity index (χ2v) is 9.49. The minimum Gasteiger partial charge on any atom is -0.598 e. The van der Waals surface area contributed by atoms with E-state index in [0.29, 0.717) is 0 Å². The molecule has 0 amide bonds. The van der Waals surface area contributed by atoms with Crippen LogP contribution in [0.5, 0.6) is 0 Å². The van der Waals surface area contributed by atoms with E-state index in [9.17, 15) is 4.55 Å². The molecule has 0 aromatic heterocycles. The fourth-order valence-corrected chi connectivity index (χ4v) is 4.54. The van der Waals surface area contributed by atoms with Gasteiger partial charge in [0.1, 0.15) is 4.75 Å². The molecule has 4 heteroatoms. The van der Waals surface area contributed by atoms with E-state index >= 15 is 0 Å². The van der Waals surface area contributed by atoms with Crippen LogP contribution in [0.4, 0.5) is 0 Å². The van der Waals surface area contributed by atoms with Crippen LogP contribution in [0.2, 0.25) is 0 Å². The molecule has 2 aliphatic rings. The summed E-state index contributed by atoms with van der Waals surface area (Å²) in [6, 6.07) is 9.05. The first kappa shape index (κ1) is 15.3. The minimum atomic E-state index is -1.01. The summed E-state index contributed by atoms with van der Waals surface area (Å²) in [6.45, 7) is 8.07. The largest absolute Gasteiger partial charge is 0.598 e.